The Kier molecular flexibility index (Phi) is 4.99. The highest BCUT2D eigenvalue weighted by Gasteiger charge is 2.03. The second kappa shape index (κ2) is 6.28. The summed E-state index contributed by atoms with van der Waals surface area (Å²) in [7, 11) is 0. The molecule has 16 heavy (non-hydrogen) atoms. The van der Waals surface area contributed by atoms with Crippen molar-refractivity contribution in [2.45, 2.75) is 20.3 Å². The van der Waals surface area contributed by atoms with Crippen LogP contribution in [0.4, 0.5) is 5.69 Å². The lowest BCUT2D eigenvalue weighted by molar-refractivity contribution is 0.101. The minimum Gasteiger partial charge on any atom is -0.385 e. The van der Waals surface area contributed by atoms with Crippen LogP contribution in [0.2, 0.25) is 0 Å². The molecule has 0 heterocycles. The summed E-state index contributed by atoms with van der Waals surface area (Å²) in [6.45, 7) is 5.30. The predicted molar refractivity (Wildman–Crippen MR) is 67.8 cm³/mol. The van der Waals surface area contributed by atoms with Crippen LogP contribution in [0.3, 0.4) is 0 Å². The molecular weight excluding hydrogens is 200 g/mol. The van der Waals surface area contributed by atoms with Gasteiger partial charge in [-0.25, -0.2) is 0 Å². The topological polar surface area (TPSA) is 55.1 Å². The van der Waals surface area contributed by atoms with E-state index in [2.05, 4.69) is 12.2 Å². The van der Waals surface area contributed by atoms with Gasteiger partial charge in [-0.15, -0.1) is 0 Å². The molecule has 0 spiro atoms. The molecule has 1 aromatic rings. The van der Waals surface area contributed by atoms with Crippen molar-refractivity contribution in [1.82, 2.24) is 0 Å². The molecule has 0 aliphatic carbocycles. The lowest BCUT2D eigenvalue weighted by Crippen LogP contribution is -2.22. The van der Waals surface area contributed by atoms with Crippen molar-refractivity contribution in [1.29, 1.82) is 0 Å². The van der Waals surface area contributed by atoms with Gasteiger partial charge in [-0.3, -0.25) is 4.79 Å². The third-order valence-corrected chi connectivity index (χ3v) is 2.80. The van der Waals surface area contributed by atoms with Crippen LogP contribution in [0.15, 0.2) is 24.3 Å². The first-order valence-corrected chi connectivity index (χ1v) is 5.72. The zero-order valence-corrected chi connectivity index (χ0v) is 9.99. The van der Waals surface area contributed by atoms with Crippen LogP contribution in [0.1, 0.15) is 30.6 Å². The Morgan fingerprint density at radius 2 is 2.00 bits per heavy atom. The van der Waals surface area contributed by atoms with E-state index in [1.807, 2.05) is 24.3 Å². The van der Waals surface area contributed by atoms with Gasteiger partial charge in [-0.2, -0.15) is 0 Å². The highest BCUT2D eigenvalue weighted by molar-refractivity contribution is 5.94. The van der Waals surface area contributed by atoms with E-state index >= 15 is 0 Å². The highest BCUT2D eigenvalue weighted by atomic mass is 16.1. The second-order valence-electron chi connectivity index (χ2n) is 4.02. The number of ketones is 1. The Balaban J connectivity index is 2.52. The van der Waals surface area contributed by atoms with Gasteiger partial charge >= 0.3 is 0 Å². The van der Waals surface area contributed by atoms with Crippen LogP contribution in [0.5, 0.6) is 0 Å². The van der Waals surface area contributed by atoms with Crippen LogP contribution in [0.25, 0.3) is 0 Å². The Morgan fingerprint density at radius 3 is 2.44 bits per heavy atom. The molecule has 0 bridgehead atoms. The van der Waals surface area contributed by atoms with Crippen molar-refractivity contribution in [3.8, 4) is 0 Å². The summed E-state index contributed by atoms with van der Waals surface area (Å²) < 4.78 is 0. The summed E-state index contributed by atoms with van der Waals surface area (Å²) in [4.78, 5) is 11.1. The Labute approximate surface area is 97.0 Å². The second-order valence-corrected chi connectivity index (χ2v) is 4.02. The van der Waals surface area contributed by atoms with Gasteiger partial charge in [0.1, 0.15) is 0 Å². The normalized spacial score (nSPS) is 12.2. The van der Waals surface area contributed by atoms with E-state index < -0.39 is 0 Å². The van der Waals surface area contributed by atoms with E-state index in [9.17, 15) is 4.79 Å². The number of rotatable bonds is 6. The number of carbonyl (C=O) groups excluding carboxylic acids is 1. The summed E-state index contributed by atoms with van der Waals surface area (Å²) in [5.41, 5.74) is 7.41. The molecule has 1 unspecified atom stereocenters. The molecular formula is C13H20N2O. The zero-order valence-electron chi connectivity index (χ0n) is 9.99. The first kappa shape index (κ1) is 12.7. The Bertz CT molecular complexity index is 328. The summed E-state index contributed by atoms with van der Waals surface area (Å²) in [5.74, 6) is 0.604. The van der Waals surface area contributed by atoms with Crippen molar-refractivity contribution < 1.29 is 4.79 Å². The molecule has 3 nitrogen and oxygen atoms in total. The molecule has 0 amide bonds. The van der Waals surface area contributed by atoms with Gasteiger partial charge in [-0.1, -0.05) is 13.3 Å². The number of nitrogens with one attached hydrogen (secondary N) is 1. The highest BCUT2D eigenvalue weighted by Crippen LogP contribution is 2.11. The minimum atomic E-state index is 0.0972. The Morgan fingerprint density at radius 1 is 1.38 bits per heavy atom. The third kappa shape index (κ3) is 3.66. The number of carbonyl (C=O) groups is 1. The van der Waals surface area contributed by atoms with Gasteiger partial charge in [-0.05, 0) is 43.7 Å². The number of Topliss-reactive ketones (excluding diaryl/α,β-unsaturated/α-hetero) is 1. The molecule has 1 aromatic carbocycles. The largest absolute Gasteiger partial charge is 0.385 e. The molecule has 0 fully saturated rings. The van der Waals surface area contributed by atoms with E-state index in [-0.39, 0.29) is 5.78 Å². The first-order valence-electron chi connectivity index (χ1n) is 5.72. The monoisotopic (exact) mass is 220 g/mol. The maximum Gasteiger partial charge on any atom is 0.159 e. The van der Waals surface area contributed by atoms with Crippen LogP contribution < -0.4 is 11.1 Å². The predicted octanol–water partition coefficient (Wildman–Crippen LogP) is 2.29. The van der Waals surface area contributed by atoms with Gasteiger partial charge in [0, 0.05) is 17.8 Å². The third-order valence-electron chi connectivity index (χ3n) is 2.80. The molecule has 0 saturated heterocycles. The number of hydrogen-bond acceptors (Lipinski definition) is 3. The van der Waals surface area contributed by atoms with Crippen molar-refractivity contribution in [3.05, 3.63) is 29.8 Å². The zero-order chi connectivity index (χ0) is 12.0. The molecule has 1 rings (SSSR count). The van der Waals surface area contributed by atoms with Crippen LogP contribution >= 0.6 is 0 Å². The van der Waals surface area contributed by atoms with Gasteiger partial charge in [0.05, 0.1) is 0 Å². The maximum atomic E-state index is 11.1. The lowest BCUT2D eigenvalue weighted by Gasteiger charge is -2.14. The van der Waals surface area contributed by atoms with E-state index in [0.717, 1.165) is 24.2 Å². The summed E-state index contributed by atoms with van der Waals surface area (Å²) >= 11 is 0. The van der Waals surface area contributed by atoms with Crippen molar-refractivity contribution in [3.63, 3.8) is 0 Å². The number of anilines is 1. The van der Waals surface area contributed by atoms with Crippen LogP contribution in [-0.2, 0) is 0 Å². The van der Waals surface area contributed by atoms with E-state index in [4.69, 9.17) is 5.73 Å². The molecule has 0 radical (unpaired) electrons. The minimum absolute atomic E-state index is 0.0972. The maximum absolute atomic E-state index is 11.1. The SMILES string of the molecule is CCC(CN)CNc1ccc(C(C)=O)cc1. The van der Waals surface area contributed by atoms with Crippen molar-refractivity contribution in [2.75, 3.05) is 18.4 Å². The fourth-order valence-electron chi connectivity index (χ4n) is 1.48. The molecule has 0 aliphatic heterocycles. The van der Waals surface area contributed by atoms with Gasteiger partial charge in [0.2, 0.25) is 0 Å². The van der Waals surface area contributed by atoms with Crippen molar-refractivity contribution in [2.24, 2.45) is 11.7 Å². The molecule has 1 atom stereocenters. The fourth-order valence-corrected chi connectivity index (χ4v) is 1.48. The number of benzene rings is 1. The number of hydrogen-bond donors (Lipinski definition) is 2. The van der Waals surface area contributed by atoms with Gasteiger partial charge < -0.3 is 11.1 Å². The Hall–Kier alpha value is -1.35. The van der Waals surface area contributed by atoms with Gasteiger partial charge in [0.15, 0.2) is 5.78 Å². The standard InChI is InChI=1S/C13H20N2O/c1-3-11(8-14)9-15-13-6-4-12(5-7-13)10(2)16/h4-7,11,15H,3,8-9,14H2,1-2H3. The molecule has 3 N–H and O–H groups in total. The lowest BCUT2D eigenvalue weighted by atomic mass is 10.1. The average molecular weight is 220 g/mol. The summed E-state index contributed by atoms with van der Waals surface area (Å²) in [6.07, 6.45) is 1.08. The van der Waals surface area contributed by atoms with Gasteiger partial charge in [0.25, 0.3) is 0 Å². The number of nitrogens with two attached hydrogens (primary N) is 1. The molecule has 0 aliphatic rings. The average Bonchev–Trinajstić information content (AvgIpc) is 2.31. The van der Waals surface area contributed by atoms with E-state index in [0.29, 0.717) is 12.5 Å². The molecule has 88 valence electrons. The quantitative estimate of drug-likeness (QED) is 0.723. The van der Waals surface area contributed by atoms with Crippen LogP contribution in [-0.4, -0.2) is 18.9 Å². The van der Waals surface area contributed by atoms with Crippen LogP contribution in [0, 0.1) is 5.92 Å². The fraction of sp³-hybridized carbons (Fsp3) is 0.462. The summed E-state index contributed by atoms with van der Waals surface area (Å²) in [5, 5.41) is 3.32. The summed E-state index contributed by atoms with van der Waals surface area (Å²) in [6, 6.07) is 7.54. The molecule has 3 heteroatoms. The molecule has 0 aromatic heterocycles. The van der Waals surface area contributed by atoms with Crippen molar-refractivity contribution >= 4 is 11.5 Å². The molecule has 0 saturated carbocycles. The van der Waals surface area contributed by atoms with E-state index in [1.54, 1.807) is 6.92 Å². The first-order chi connectivity index (χ1) is 7.67. The smallest absolute Gasteiger partial charge is 0.159 e. The van der Waals surface area contributed by atoms with E-state index in [1.165, 1.54) is 0 Å².